The van der Waals surface area contributed by atoms with Crippen molar-refractivity contribution in [3.05, 3.63) is 35.1 Å². The summed E-state index contributed by atoms with van der Waals surface area (Å²) in [5.74, 6) is -0.0772. The Kier molecular flexibility index (Phi) is 3.61. The minimum Gasteiger partial charge on any atom is -0.387 e. The summed E-state index contributed by atoms with van der Waals surface area (Å²) in [5, 5.41) is 9.45. The monoisotopic (exact) mass is 197 g/mol. The van der Waals surface area contributed by atoms with Crippen molar-refractivity contribution in [2.75, 3.05) is 6.54 Å². The molecule has 0 saturated carbocycles. The molecule has 0 aliphatic carbocycles. The van der Waals surface area contributed by atoms with E-state index in [1.165, 1.54) is 6.07 Å². The molecule has 1 aromatic carbocycles. The van der Waals surface area contributed by atoms with Crippen molar-refractivity contribution in [1.82, 2.24) is 0 Å². The maximum Gasteiger partial charge on any atom is 0.129 e. The molecule has 0 bridgehead atoms. The van der Waals surface area contributed by atoms with Gasteiger partial charge in [0.1, 0.15) is 5.82 Å². The van der Waals surface area contributed by atoms with Gasteiger partial charge in [-0.1, -0.05) is 19.9 Å². The molecule has 14 heavy (non-hydrogen) atoms. The maximum absolute atomic E-state index is 13.3. The molecule has 78 valence electrons. The largest absolute Gasteiger partial charge is 0.387 e. The van der Waals surface area contributed by atoms with Crippen LogP contribution in [0.25, 0.3) is 0 Å². The Bertz CT molecular complexity index is 312. The van der Waals surface area contributed by atoms with E-state index in [9.17, 15) is 9.50 Å². The third-order valence-corrected chi connectivity index (χ3v) is 2.27. The van der Waals surface area contributed by atoms with E-state index in [0.717, 1.165) is 5.56 Å². The second-order valence-electron chi connectivity index (χ2n) is 3.69. The van der Waals surface area contributed by atoms with Crippen molar-refractivity contribution < 1.29 is 9.50 Å². The molecular weight excluding hydrogens is 181 g/mol. The topological polar surface area (TPSA) is 46.2 Å². The molecule has 0 aromatic heterocycles. The molecule has 1 atom stereocenters. The average molecular weight is 197 g/mol. The summed E-state index contributed by atoms with van der Waals surface area (Å²) in [6, 6.07) is 4.79. The number of aliphatic hydroxyl groups is 1. The Labute approximate surface area is 83.6 Å². The van der Waals surface area contributed by atoms with Gasteiger partial charge in [-0.2, -0.15) is 0 Å². The first kappa shape index (κ1) is 11.1. The quantitative estimate of drug-likeness (QED) is 0.777. The molecule has 3 N–H and O–H groups in total. The summed E-state index contributed by atoms with van der Waals surface area (Å²) < 4.78 is 13.3. The summed E-state index contributed by atoms with van der Waals surface area (Å²) in [6.45, 7) is 4.08. The summed E-state index contributed by atoms with van der Waals surface area (Å²) in [7, 11) is 0. The zero-order valence-corrected chi connectivity index (χ0v) is 8.50. The van der Waals surface area contributed by atoms with E-state index < -0.39 is 11.9 Å². The maximum atomic E-state index is 13.3. The van der Waals surface area contributed by atoms with E-state index in [2.05, 4.69) is 0 Å². The molecule has 0 heterocycles. The Morgan fingerprint density at radius 2 is 2.07 bits per heavy atom. The number of rotatable bonds is 3. The standard InChI is InChI=1S/C11H16FNO/c1-7(2)8-3-4-10(12)9(5-8)11(14)6-13/h3-5,7,11,14H,6,13H2,1-2H3. The normalized spacial score (nSPS) is 13.3. The van der Waals surface area contributed by atoms with Crippen LogP contribution in [0.3, 0.4) is 0 Å². The molecule has 1 unspecified atom stereocenters. The summed E-state index contributed by atoms with van der Waals surface area (Å²) >= 11 is 0. The molecule has 0 aliphatic heterocycles. The highest BCUT2D eigenvalue weighted by molar-refractivity contribution is 5.28. The van der Waals surface area contributed by atoms with Gasteiger partial charge in [0, 0.05) is 12.1 Å². The number of halogens is 1. The molecular formula is C11H16FNO. The number of hydrogen-bond donors (Lipinski definition) is 2. The Morgan fingerprint density at radius 1 is 1.43 bits per heavy atom. The lowest BCUT2D eigenvalue weighted by atomic mass is 9.98. The number of nitrogens with two attached hydrogens (primary N) is 1. The van der Waals surface area contributed by atoms with Crippen molar-refractivity contribution in [3.8, 4) is 0 Å². The van der Waals surface area contributed by atoms with Crippen LogP contribution in [0.2, 0.25) is 0 Å². The fourth-order valence-corrected chi connectivity index (χ4v) is 1.30. The van der Waals surface area contributed by atoms with Gasteiger partial charge in [-0.25, -0.2) is 4.39 Å². The number of aliphatic hydroxyl groups excluding tert-OH is 1. The smallest absolute Gasteiger partial charge is 0.129 e. The lowest BCUT2D eigenvalue weighted by molar-refractivity contribution is 0.181. The molecule has 2 nitrogen and oxygen atoms in total. The van der Waals surface area contributed by atoms with Gasteiger partial charge >= 0.3 is 0 Å². The molecule has 0 radical (unpaired) electrons. The molecule has 3 heteroatoms. The van der Waals surface area contributed by atoms with Crippen molar-refractivity contribution in [3.63, 3.8) is 0 Å². The summed E-state index contributed by atoms with van der Waals surface area (Å²) in [6.07, 6.45) is -0.909. The molecule has 0 aliphatic rings. The molecule has 0 fully saturated rings. The number of benzene rings is 1. The fourth-order valence-electron chi connectivity index (χ4n) is 1.30. The van der Waals surface area contributed by atoms with Crippen molar-refractivity contribution in [2.24, 2.45) is 5.73 Å². The van der Waals surface area contributed by atoms with E-state index in [-0.39, 0.29) is 6.54 Å². The van der Waals surface area contributed by atoms with E-state index in [0.29, 0.717) is 11.5 Å². The first-order chi connectivity index (χ1) is 6.56. The predicted octanol–water partition coefficient (Wildman–Crippen LogP) is 1.94. The molecule has 0 amide bonds. The van der Waals surface area contributed by atoms with Gasteiger partial charge in [-0.3, -0.25) is 0 Å². The van der Waals surface area contributed by atoms with Gasteiger partial charge < -0.3 is 10.8 Å². The first-order valence-electron chi connectivity index (χ1n) is 4.73. The van der Waals surface area contributed by atoms with Gasteiger partial charge in [0.25, 0.3) is 0 Å². The Balaban J connectivity index is 3.08. The van der Waals surface area contributed by atoms with E-state index >= 15 is 0 Å². The lowest BCUT2D eigenvalue weighted by Gasteiger charge is -2.12. The summed E-state index contributed by atoms with van der Waals surface area (Å²) in [4.78, 5) is 0. The summed E-state index contributed by atoms with van der Waals surface area (Å²) in [5.41, 5.74) is 6.58. The van der Waals surface area contributed by atoms with E-state index in [1.54, 1.807) is 12.1 Å². The minimum atomic E-state index is -0.909. The van der Waals surface area contributed by atoms with Gasteiger partial charge in [-0.15, -0.1) is 0 Å². The Morgan fingerprint density at radius 3 is 2.57 bits per heavy atom. The first-order valence-corrected chi connectivity index (χ1v) is 4.73. The SMILES string of the molecule is CC(C)c1ccc(F)c(C(O)CN)c1. The zero-order chi connectivity index (χ0) is 10.7. The van der Waals surface area contributed by atoms with Crippen LogP contribution in [0.4, 0.5) is 4.39 Å². The highest BCUT2D eigenvalue weighted by Gasteiger charge is 2.12. The fraction of sp³-hybridized carbons (Fsp3) is 0.455. The highest BCUT2D eigenvalue weighted by Crippen LogP contribution is 2.22. The average Bonchev–Trinajstić information content (AvgIpc) is 2.17. The zero-order valence-electron chi connectivity index (χ0n) is 8.50. The predicted molar refractivity (Wildman–Crippen MR) is 54.5 cm³/mol. The van der Waals surface area contributed by atoms with Crippen LogP contribution in [0.1, 0.15) is 37.0 Å². The van der Waals surface area contributed by atoms with Crippen molar-refractivity contribution in [1.29, 1.82) is 0 Å². The third-order valence-electron chi connectivity index (χ3n) is 2.27. The third kappa shape index (κ3) is 2.30. The lowest BCUT2D eigenvalue weighted by Crippen LogP contribution is -2.13. The number of hydrogen-bond acceptors (Lipinski definition) is 2. The van der Waals surface area contributed by atoms with E-state index in [4.69, 9.17) is 5.73 Å². The van der Waals surface area contributed by atoms with Crippen LogP contribution in [-0.4, -0.2) is 11.7 Å². The van der Waals surface area contributed by atoms with Gasteiger partial charge in [-0.05, 0) is 23.6 Å². The van der Waals surface area contributed by atoms with Crippen LogP contribution in [0.5, 0.6) is 0 Å². The minimum absolute atomic E-state index is 0.0401. The van der Waals surface area contributed by atoms with Gasteiger partial charge in [0.05, 0.1) is 6.10 Å². The van der Waals surface area contributed by atoms with Crippen LogP contribution in [-0.2, 0) is 0 Å². The van der Waals surface area contributed by atoms with Crippen LogP contribution in [0, 0.1) is 5.82 Å². The van der Waals surface area contributed by atoms with Crippen LogP contribution >= 0.6 is 0 Å². The van der Waals surface area contributed by atoms with Gasteiger partial charge in [0.15, 0.2) is 0 Å². The van der Waals surface area contributed by atoms with Crippen molar-refractivity contribution in [2.45, 2.75) is 25.9 Å². The van der Waals surface area contributed by atoms with Crippen LogP contribution < -0.4 is 5.73 Å². The van der Waals surface area contributed by atoms with E-state index in [1.807, 2.05) is 13.8 Å². The van der Waals surface area contributed by atoms with Crippen LogP contribution in [0.15, 0.2) is 18.2 Å². The second-order valence-corrected chi connectivity index (χ2v) is 3.69. The molecule has 0 spiro atoms. The van der Waals surface area contributed by atoms with Gasteiger partial charge in [0.2, 0.25) is 0 Å². The molecule has 1 aromatic rings. The second kappa shape index (κ2) is 4.53. The van der Waals surface area contributed by atoms with Crippen molar-refractivity contribution >= 4 is 0 Å². The molecule has 1 rings (SSSR count). The highest BCUT2D eigenvalue weighted by atomic mass is 19.1. The molecule has 0 saturated heterocycles. The Hall–Kier alpha value is -0.930.